The molecule has 0 radical (unpaired) electrons. The molecule has 0 fully saturated rings. The van der Waals surface area contributed by atoms with Gasteiger partial charge in [0.2, 0.25) is 0 Å². The summed E-state index contributed by atoms with van der Waals surface area (Å²) in [6, 6.07) is 22.3. The molecule has 142 valence electrons. The highest BCUT2D eigenvalue weighted by atomic mass is 79.9. The first-order valence-electron chi connectivity index (χ1n) is 10.2. The minimum atomic E-state index is 0.167. The third kappa shape index (κ3) is 2.66. The zero-order chi connectivity index (χ0) is 19.8. The Morgan fingerprint density at radius 3 is 2.62 bits per heavy atom. The van der Waals surface area contributed by atoms with Gasteiger partial charge in [0, 0.05) is 26.6 Å². The molecule has 1 nitrogen and oxygen atoms in total. The van der Waals surface area contributed by atoms with E-state index >= 15 is 0 Å². The number of hydrogen-bond acceptors (Lipinski definition) is 0. The van der Waals surface area contributed by atoms with E-state index < -0.39 is 0 Å². The summed E-state index contributed by atoms with van der Waals surface area (Å²) in [5.41, 5.74) is 8.24. The van der Waals surface area contributed by atoms with Gasteiger partial charge in [0.25, 0.3) is 0 Å². The van der Waals surface area contributed by atoms with Crippen LogP contribution in [0.4, 0.5) is 0 Å². The molecule has 1 unspecified atom stereocenters. The van der Waals surface area contributed by atoms with E-state index in [0.717, 1.165) is 10.9 Å². The fourth-order valence-corrected chi connectivity index (χ4v) is 5.61. The molecule has 0 bridgehead atoms. The number of H-pyrrole nitrogens is 1. The van der Waals surface area contributed by atoms with Gasteiger partial charge in [-0.3, -0.25) is 0 Å². The van der Waals surface area contributed by atoms with Crippen molar-refractivity contribution in [3.8, 4) is 11.1 Å². The molecule has 1 atom stereocenters. The van der Waals surface area contributed by atoms with Crippen molar-refractivity contribution in [3.63, 3.8) is 0 Å². The van der Waals surface area contributed by atoms with E-state index in [4.69, 9.17) is 0 Å². The summed E-state index contributed by atoms with van der Waals surface area (Å²) in [6.45, 7) is 4.69. The van der Waals surface area contributed by atoms with Crippen LogP contribution < -0.4 is 10.6 Å². The predicted molar refractivity (Wildman–Crippen MR) is 125 cm³/mol. The van der Waals surface area contributed by atoms with Crippen LogP contribution in [0.2, 0.25) is 0 Å². The molecule has 1 N–H and O–H groups in total. The number of aromatic amines is 1. The Morgan fingerprint density at radius 2 is 1.79 bits per heavy atom. The van der Waals surface area contributed by atoms with E-state index in [9.17, 15) is 0 Å². The van der Waals surface area contributed by atoms with Gasteiger partial charge in [-0.15, -0.1) is 0 Å². The molecule has 2 heteroatoms. The first-order valence-corrected chi connectivity index (χ1v) is 11.0. The molecule has 0 amide bonds. The van der Waals surface area contributed by atoms with Crippen molar-refractivity contribution in [2.75, 3.05) is 0 Å². The van der Waals surface area contributed by atoms with Gasteiger partial charge >= 0.3 is 0 Å². The quantitative estimate of drug-likeness (QED) is 0.325. The Balaban J connectivity index is 1.66. The second kappa shape index (κ2) is 5.96. The van der Waals surface area contributed by atoms with Crippen LogP contribution in [-0.2, 0) is 0 Å². The molecule has 0 saturated carbocycles. The highest BCUT2D eigenvalue weighted by molar-refractivity contribution is 9.10. The maximum absolute atomic E-state index is 3.75. The van der Waals surface area contributed by atoms with Crippen LogP contribution in [0.15, 0.2) is 65.1 Å². The Bertz CT molecular complexity index is 1410. The minimum Gasteiger partial charge on any atom is -0.355 e. The van der Waals surface area contributed by atoms with Gasteiger partial charge < -0.3 is 4.98 Å². The summed E-state index contributed by atoms with van der Waals surface area (Å²) in [5.74, 6) is 0.408. The van der Waals surface area contributed by atoms with Crippen LogP contribution in [-0.4, -0.2) is 4.98 Å². The highest BCUT2D eigenvalue weighted by Gasteiger charge is 2.31. The average Bonchev–Trinajstić information content (AvgIpc) is 3.22. The SMILES string of the molecule is CC1(C)C=c2[nH]c3cc4c(cc3c2C(c2ccccc2)C1)-c1cc(Br)ccc1C=4. The monoisotopic (exact) mass is 439 g/mol. The molecule has 3 aromatic carbocycles. The maximum Gasteiger partial charge on any atom is 0.0468 e. The summed E-state index contributed by atoms with van der Waals surface area (Å²) in [7, 11) is 0. The number of benzene rings is 3. The number of rotatable bonds is 1. The summed E-state index contributed by atoms with van der Waals surface area (Å²) < 4.78 is 1.13. The standard InChI is InChI=1S/C27H22BrN/c1-27(2)14-23(16-6-4-3-5-7-16)26-22-13-21-18(11-24(22)29-25(26)15-27)10-17-8-9-19(28)12-20(17)21/h3-13,15,23,29H,14H2,1-2H3. The zero-order valence-corrected chi connectivity index (χ0v) is 18.2. The lowest BCUT2D eigenvalue weighted by Gasteiger charge is -2.31. The van der Waals surface area contributed by atoms with Crippen molar-refractivity contribution in [2.45, 2.75) is 26.2 Å². The molecule has 6 rings (SSSR count). The first-order chi connectivity index (χ1) is 14.0. The fourth-order valence-electron chi connectivity index (χ4n) is 5.24. The van der Waals surface area contributed by atoms with Crippen molar-refractivity contribution < 1.29 is 0 Å². The topological polar surface area (TPSA) is 15.8 Å². The molecule has 2 aliphatic rings. The number of hydrogen-bond donors (Lipinski definition) is 1. The summed E-state index contributed by atoms with van der Waals surface area (Å²) >= 11 is 3.65. The lowest BCUT2D eigenvalue weighted by molar-refractivity contribution is 0.428. The van der Waals surface area contributed by atoms with Crippen LogP contribution >= 0.6 is 15.9 Å². The molecular formula is C27H22BrN. The Morgan fingerprint density at radius 1 is 0.966 bits per heavy atom. The second-order valence-corrected chi connectivity index (χ2v) is 10.0. The van der Waals surface area contributed by atoms with E-state index in [-0.39, 0.29) is 5.41 Å². The van der Waals surface area contributed by atoms with Crippen molar-refractivity contribution in [3.05, 3.63) is 92.4 Å². The van der Waals surface area contributed by atoms with Crippen molar-refractivity contribution in [1.82, 2.24) is 4.98 Å². The molecule has 0 spiro atoms. The molecule has 1 aromatic heterocycles. The summed E-state index contributed by atoms with van der Waals surface area (Å²) in [5, 5.41) is 3.96. The first kappa shape index (κ1) is 17.3. The van der Waals surface area contributed by atoms with Crippen LogP contribution in [0.5, 0.6) is 0 Å². The van der Waals surface area contributed by atoms with Gasteiger partial charge in [-0.2, -0.15) is 0 Å². The second-order valence-electron chi connectivity index (χ2n) is 9.11. The van der Waals surface area contributed by atoms with Crippen molar-refractivity contribution in [2.24, 2.45) is 5.41 Å². The molecule has 0 saturated heterocycles. The van der Waals surface area contributed by atoms with Crippen LogP contribution in [0.3, 0.4) is 0 Å². The van der Waals surface area contributed by atoms with Gasteiger partial charge in [-0.25, -0.2) is 0 Å². The van der Waals surface area contributed by atoms with Gasteiger partial charge in [0.15, 0.2) is 0 Å². The number of halogens is 1. The van der Waals surface area contributed by atoms with E-state index in [0.29, 0.717) is 5.92 Å². The van der Waals surface area contributed by atoms with Crippen molar-refractivity contribution >= 4 is 39.0 Å². The third-order valence-corrected chi connectivity index (χ3v) is 6.96. The van der Waals surface area contributed by atoms with E-state index in [1.165, 1.54) is 49.3 Å². The average molecular weight is 440 g/mol. The molecule has 29 heavy (non-hydrogen) atoms. The third-order valence-electron chi connectivity index (χ3n) is 6.47. The largest absolute Gasteiger partial charge is 0.355 e. The molecule has 4 aromatic rings. The lowest BCUT2D eigenvalue weighted by Crippen LogP contribution is -2.27. The van der Waals surface area contributed by atoms with Gasteiger partial charge in [0.05, 0.1) is 0 Å². The van der Waals surface area contributed by atoms with Crippen LogP contribution in [0.1, 0.15) is 42.9 Å². The van der Waals surface area contributed by atoms with Crippen LogP contribution in [0, 0.1) is 5.41 Å². The van der Waals surface area contributed by atoms with Gasteiger partial charge in [-0.1, -0.05) is 72.3 Å². The Hall–Kier alpha value is -2.58. The zero-order valence-electron chi connectivity index (χ0n) is 16.6. The normalized spacial score (nSPS) is 18.5. The van der Waals surface area contributed by atoms with E-state index in [1.807, 2.05) is 0 Å². The lowest BCUT2D eigenvalue weighted by atomic mass is 9.72. The van der Waals surface area contributed by atoms with Crippen LogP contribution in [0.25, 0.3) is 34.2 Å². The maximum atomic E-state index is 3.75. The Kier molecular flexibility index (Phi) is 3.56. The van der Waals surface area contributed by atoms with Gasteiger partial charge in [0.1, 0.15) is 0 Å². The number of nitrogens with one attached hydrogen (secondary N) is 1. The fraction of sp³-hybridized carbons (Fsp3) is 0.185. The summed E-state index contributed by atoms with van der Waals surface area (Å²) in [4.78, 5) is 3.75. The molecule has 0 aliphatic heterocycles. The predicted octanol–water partition coefficient (Wildman–Crippen LogP) is 6.08. The molecule has 1 heterocycles. The molecule has 2 aliphatic carbocycles. The molecular weight excluding hydrogens is 418 g/mol. The number of aromatic nitrogens is 1. The summed E-state index contributed by atoms with van der Waals surface area (Å²) in [6.07, 6.45) is 5.86. The number of fused-ring (bicyclic) bond motifs is 6. The van der Waals surface area contributed by atoms with E-state index in [2.05, 4.69) is 108 Å². The minimum absolute atomic E-state index is 0.167. The highest BCUT2D eigenvalue weighted by Crippen LogP contribution is 2.42. The Labute approximate surface area is 178 Å². The van der Waals surface area contributed by atoms with Gasteiger partial charge in [-0.05, 0) is 75.2 Å². The van der Waals surface area contributed by atoms with Crippen molar-refractivity contribution in [1.29, 1.82) is 0 Å². The smallest absolute Gasteiger partial charge is 0.0468 e. The van der Waals surface area contributed by atoms with E-state index in [1.54, 1.807) is 0 Å².